The van der Waals surface area contributed by atoms with Crippen LogP contribution in [0.4, 0.5) is 11.4 Å². The molecule has 0 radical (unpaired) electrons. The molecule has 0 bridgehead atoms. The van der Waals surface area contributed by atoms with Gasteiger partial charge in [-0.3, -0.25) is 14.9 Å². The summed E-state index contributed by atoms with van der Waals surface area (Å²) in [6, 6.07) is 10.9. The molecule has 1 heterocycles. The van der Waals surface area contributed by atoms with E-state index in [0.717, 1.165) is 30.5 Å². The zero-order valence-electron chi connectivity index (χ0n) is 12.5. The van der Waals surface area contributed by atoms with E-state index in [1.54, 1.807) is 18.2 Å². The van der Waals surface area contributed by atoms with Gasteiger partial charge in [0.1, 0.15) is 0 Å². The molecule has 0 aromatic heterocycles. The van der Waals surface area contributed by atoms with Gasteiger partial charge in [0, 0.05) is 29.7 Å². The number of nitro groups is 1. The number of nitrogens with one attached hydrogen (secondary N) is 1. The number of carbonyl (C=O) groups is 1. The quantitative estimate of drug-likeness (QED) is 0.681. The second kappa shape index (κ2) is 5.19. The Labute approximate surface area is 133 Å². The first-order valence-corrected chi connectivity index (χ1v) is 7.82. The van der Waals surface area contributed by atoms with Gasteiger partial charge in [-0.15, -0.1) is 0 Å². The van der Waals surface area contributed by atoms with E-state index in [-0.39, 0.29) is 28.9 Å². The second-order valence-electron chi connectivity index (χ2n) is 6.18. The van der Waals surface area contributed by atoms with Crippen molar-refractivity contribution in [1.29, 1.82) is 0 Å². The van der Waals surface area contributed by atoms with Crippen LogP contribution in [0.3, 0.4) is 0 Å². The van der Waals surface area contributed by atoms with Crippen LogP contribution in [0.2, 0.25) is 0 Å². The van der Waals surface area contributed by atoms with Crippen molar-refractivity contribution in [1.82, 2.24) is 0 Å². The lowest BCUT2D eigenvalue weighted by Gasteiger charge is -2.27. The summed E-state index contributed by atoms with van der Waals surface area (Å²) in [5, 5.41) is 14.3. The van der Waals surface area contributed by atoms with Gasteiger partial charge in [-0.1, -0.05) is 24.3 Å². The molecule has 0 saturated carbocycles. The number of benzene rings is 2. The first kappa shape index (κ1) is 13.9. The van der Waals surface area contributed by atoms with E-state index in [4.69, 9.17) is 0 Å². The molecule has 1 atom stereocenters. The maximum absolute atomic E-state index is 12.1. The van der Waals surface area contributed by atoms with E-state index in [1.165, 1.54) is 17.2 Å². The fraction of sp³-hybridized carbons (Fsp3) is 0.278. The normalized spacial score (nSPS) is 19.0. The van der Waals surface area contributed by atoms with E-state index in [9.17, 15) is 14.9 Å². The van der Waals surface area contributed by atoms with Crippen LogP contribution in [-0.4, -0.2) is 10.8 Å². The van der Waals surface area contributed by atoms with Crippen LogP contribution in [0, 0.1) is 10.1 Å². The van der Waals surface area contributed by atoms with Crippen LogP contribution in [0.1, 0.15) is 41.0 Å². The highest BCUT2D eigenvalue weighted by atomic mass is 16.6. The van der Waals surface area contributed by atoms with Gasteiger partial charge in [0.2, 0.25) is 5.91 Å². The molecular formula is C18H16N2O3. The highest BCUT2D eigenvalue weighted by molar-refractivity contribution is 5.95. The smallest absolute Gasteiger partial charge is 0.273 e. The summed E-state index contributed by atoms with van der Waals surface area (Å²) in [6.45, 7) is 0. The monoisotopic (exact) mass is 308 g/mol. The maximum Gasteiger partial charge on any atom is 0.273 e. The minimum Gasteiger partial charge on any atom is -0.326 e. The Morgan fingerprint density at radius 2 is 1.83 bits per heavy atom. The molecule has 1 aliphatic carbocycles. The molecule has 2 aromatic carbocycles. The molecule has 0 fully saturated rings. The van der Waals surface area contributed by atoms with Crippen molar-refractivity contribution in [2.45, 2.75) is 31.6 Å². The van der Waals surface area contributed by atoms with Crippen molar-refractivity contribution in [2.75, 3.05) is 5.32 Å². The number of nitro benzene ring substituents is 1. The number of hydrogen-bond acceptors (Lipinski definition) is 3. The number of amides is 1. The predicted octanol–water partition coefficient (Wildman–Crippen LogP) is 3.56. The number of fused-ring (bicyclic) bond motifs is 2. The molecule has 1 N–H and O–H groups in total. The Kier molecular flexibility index (Phi) is 3.15. The third kappa shape index (κ3) is 2.29. The van der Waals surface area contributed by atoms with Gasteiger partial charge in [0.15, 0.2) is 0 Å². The van der Waals surface area contributed by atoms with Gasteiger partial charge >= 0.3 is 0 Å². The van der Waals surface area contributed by atoms with E-state index in [1.807, 2.05) is 0 Å². The molecule has 1 amide bonds. The van der Waals surface area contributed by atoms with Crippen LogP contribution < -0.4 is 5.32 Å². The summed E-state index contributed by atoms with van der Waals surface area (Å²) in [5.74, 6) is -0.343. The summed E-state index contributed by atoms with van der Waals surface area (Å²) >= 11 is 0. The molecule has 0 spiro atoms. The largest absolute Gasteiger partial charge is 0.326 e. The van der Waals surface area contributed by atoms with E-state index >= 15 is 0 Å². The van der Waals surface area contributed by atoms with Crippen LogP contribution in [0.25, 0.3) is 0 Å². The number of para-hydroxylation sites is 1. The molecule has 2 aromatic rings. The predicted molar refractivity (Wildman–Crippen MR) is 86.7 cm³/mol. The van der Waals surface area contributed by atoms with Crippen molar-refractivity contribution < 1.29 is 9.72 Å². The van der Waals surface area contributed by atoms with Crippen molar-refractivity contribution in [3.63, 3.8) is 0 Å². The fourth-order valence-corrected chi connectivity index (χ4v) is 3.76. The van der Waals surface area contributed by atoms with E-state index < -0.39 is 0 Å². The van der Waals surface area contributed by atoms with Crippen molar-refractivity contribution in [2.24, 2.45) is 0 Å². The second-order valence-corrected chi connectivity index (χ2v) is 6.18. The summed E-state index contributed by atoms with van der Waals surface area (Å²) in [7, 11) is 0. The van der Waals surface area contributed by atoms with Gasteiger partial charge in [0.25, 0.3) is 5.69 Å². The van der Waals surface area contributed by atoms with E-state index in [0.29, 0.717) is 5.56 Å². The zero-order valence-corrected chi connectivity index (χ0v) is 12.5. The minimum atomic E-state index is -0.366. The van der Waals surface area contributed by atoms with Gasteiger partial charge in [0.05, 0.1) is 4.92 Å². The number of hydrogen-bond donors (Lipinski definition) is 1. The number of carbonyl (C=O) groups excluding carboxylic acids is 1. The molecule has 4 rings (SSSR count). The van der Waals surface area contributed by atoms with Gasteiger partial charge in [-0.2, -0.15) is 0 Å². The van der Waals surface area contributed by atoms with Crippen LogP contribution in [-0.2, 0) is 17.6 Å². The van der Waals surface area contributed by atoms with Crippen molar-refractivity contribution in [3.8, 4) is 0 Å². The third-order valence-corrected chi connectivity index (χ3v) is 4.81. The Hall–Kier alpha value is -2.69. The first-order valence-electron chi connectivity index (χ1n) is 7.82. The van der Waals surface area contributed by atoms with Crippen molar-refractivity contribution in [3.05, 3.63) is 68.8 Å². The average molecular weight is 308 g/mol. The van der Waals surface area contributed by atoms with Gasteiger partial charge < -0.3 is 5.32 Å². The average Bonchev–Trinajstić information content (AvgIpc) is 2.99. The molecule has 1 aliphatic heterocycles. The van der Waals surface area contributed by atoms with E-state index in [2.05, 4.69) is 17.4 Å². The lowest BCUT2D eigenvalue weighted by Crippen LogP contribution is -2.24. The van der Waals surface area contributed by atoms with Crippen LogP contribution >= 0.6 is 0 Å². The lowest BCUT2D eigenvalue weighted by molar-refractivity contribution is -0.385. The minimum absolute atomic E-state index is 0.0821. The zero-order chi connectivity index (χ0) is 16.0. The molecular weight excluding hydrogens is 292 g/mol. The summed E-state index contributed by atoms with van der Waals surface area (Å²) in [6.07, 6.45) is 3.45. The highest BCUT2D eigenvalue weighted by Gasteiger charge is 2.32. The first-order chi connectivity index (χ1) is 11.1. The molecule has 23 heavy (non-hydrogen) atoms. The summed E-state index contributed by atoms with van der Waals surface area (Å²) < 4.78 is 0. The fourth-order valence-electron chi connectivity index (χ4n) is 3.76. The summed E-state index contributed by atoms with van der Waals surface area (Å²) in [5.41, 5.74) is 5.10. The lowest BCUT2D eigenvalue weighted by atomic mass is 9.82. The molecule has 0 saturated heterocycles. The standard InChI is InChI=1S/C18H16N2O3/c21-18-10-14(13-6-1-2-7-17(13)20(22)23)15-8-11-4-3-5-12(11)9-16(15)19-18/h1-2,6-9,14H,3-5,10H2,(H,19,21)/t14-/m1/s1. The number of nitrogens with zero attached hydrogens (tertiary/aromatic N) is 1. The number of rotatable bonds is 2. The van der Waals surface area contributed by atoms with Gasteiger partial charge in [-0.05, 0) is 42.0 Å². The Morgan fingerprint density at radius 1 is 1.09 bits per heavy atom. The van der Waals surface area contributed by atoms with Crippen LogP contribution in [0.5, 0.6) is 0 Å². The third-order valence-electron chi connectivity index (χ3n) is 4.81. The SMILES string of the molecule is O=C1C[C@H](c2ccccc2[N+](=O)[O-])c2cc3c(cc2N1)CCC3. The number of anilines is 1. The molecule has 5 heteroatoms. The summed E-state index contributed by atoms with van der Waals surface area (Å²) in [4.78, 5) is 23.1. The Bertz CT molecular complexity index is 829. The van der Waals surface area contributed by atoms with Gasteiger partial charge in [-0.25, -0.2) is 0 Å². The molecule has 116 valence electrons. The van der Waals surface area contributed by atoms with Crippen molar-refractivity contribution >= 4 is 17.3 Å². The molecule has 2 aliphatic rings. The molecule has 5 nitrogen and oxygen atoms in total. The maximum atomic E-state index is 12.1. The Morgan fingerprint density at radius 3 is 2.61 bits per heavy atom. The molecule has 0 unspecified atom stereocenters. The van der Waals surface area contributed by atoms with Crippen LogP contribution in [0.15, 0.2) is 36.4 Å². The topological polar surface area (TPSA) is 72.2 Å². The Balaban J connectivity index is 1.89. The highest BCUT2D eigenvalue weighted by Crippen LogP contribution is 2.42. The number of aryl methyl sites for hydroxylation is 2.